The molecule has 0 spiro atoms. The van der Waals surface area contributed by atoms with E-state index in [0.29, 0.717) is 4.83 Å². The van der Waals surface area contributed by atoms with Crippen molar-refractivity contribution in [2.45, 2.75) is 51.5 Å². The van der Waals surface area contributed by atoms with Crippen LogP contribution in [0.3, 0.4) is 0 Å². The first-order valence-electron chi connectivity index (χ1n) is 4.14. The van der Waals surface area contributed by atoms with E-state index < -0.39 is 6.10 Å². The summed E-state index contributed by atoms with van der Waals surface area (Å²) >= 11 is 3.43. The Bertz CT molecular complexity index is 105. The molecule has 1 radical (unpaired) electrons. The molecule has 0 aliphatic heterocycles. The second-order valence-electron chi connectivity index (χ2n) is 4.21. The second-order valence-corrected chi connectivity index (χ2v) is 5.78. The average Bonchev–Trinajstić information content (AvgIpc) is 1.80. The van der Waals surface area contributed by atoms with Gasteiger partial charge in [-0.25, -0.2) is 5.11 Å². The summed E-state index contributed by atoms with van der Waals surface area (Å²) in [5, 5.41) is 11.4. The van der Waals surface area contributed by atoms with Crippen molar-refractivity contribution in [1.29, 1.82) is 0 Å². The zero-order valence-corrected chi connectivity index (χ0v) is 9.44. The Morgan fingerprint density at radius 2 is 1.73 bits per heavy atom. The van der Waals surface area contributed by atoms with Gasteiger partial charge in [0.05, 0.1) is 6.10 Å². The first kappa shape index (κ1) is 11.4. The van der Waals surface area contributed by atoms with E-state index in [4.69, 9.17) is 0 Å². The van der Waals surface area contributed by atoms with Crippen molar-refractivity contribution in [3.05, 3.63) is 0 Å². The van der Waals surface area contributed by atoms with Gasteiger partial charge < -0.3 is 0 Å². The van der Waals surface area contributed by atoms with Gasteiger partial charge in [0.2, 0.25) is 0 Å². The monoisotopic (exact) mass is 221 g/mol. The number of hydrogen-bond acceptors (Lipinski definition) is 0. The maximum atomic E-state index is 11.4. The van der Waals surface area contributed by atoms with Crippen LogP contribution in [0, 0.1) is 5.41 Å². The molecule has 0 N–H and O–H groups in total. The molecule has 0 saturated carbocycles. The van der Waals surface area contributed by atoms with E-state index in [9.17, 15) is 5.11 Å². The van der Waals surface area contributed by atoms with Gasteiger partial charge in [-0.05, 0) is 18.3 Å². The van der Waals surface area contributed by atoms with Gasteiger partial charge in [0.15, 0.2) is 0 Å². The van der Waals surface area contributed by atoms with E-state index in [-0.39, 0.29) is 5.41 Å². The van der Waals surface area contributed by atoms with Crippen LogP contribution in [0.25, 0.3) is 0 Å². The van der Waals surface area contributed by atoms with Crippen molar-refractivity contribution >= 4 is 15.9 Å². The molecule has 0 aromatic carbocycles. The molecule has 0 aromatic rings. The molecular formula is C9H18BrO. The topological polar surface area (TPSA) is 19.9 Å². The maximum Gasteiger partial charge on any atom is 0.0978 e. The largest absolute Gasteiger partial charge is 0.233 e. The van der Waals surface area contributed by atoms with Crippen LogP contribution < -0.4 is 0 Å². The van der Waals surface area contributed by atoms with E-state index in [1.165, 1.54) is 0 Å². The fourth-order valence-electron chi connectivity index (χ4n) is 0.814. The lowest BCUT2D eigenvalue weighted by molar-refractivity contribution is -0.00651. The number of halogens is 1. The highest BCUT2D eigenvalue weighted by atomic mass is 79.9. The lowest BCUT2D eigenvalue weighted by Gasteiger charge is -2.23. The van der Waals surface area contributed by atoms with Gasteiger partial charge in [0.25, 0.3) is 0 Å². The van der Waals surface area contributed by atoms with E-state index in [1.807, 2.05) is 20.8 Å². The van der Waals surface area contributed by atoms with Gasteiger partial charge in [-0.3, -0.25) is 0 Å². The summed E-state index contributed by atoms with van der Waals surface area (Å²) in [7, 11) is 0. The van der Waals surface area contributed by atoms with Gasteiger partial charge in [-0.1, -0.05) is 43.6 Å². The lowest BCUT2D eigenvalue weighted by Crippen LogP contribution is -2.25. The van der Waals surface area contributed by atoms with Gasteiger partial charge in [0, 0.05) is 4.83 Å². The van der Waals surface area contributed by atoms with Gasteiger partial charge in [0.1, 0.15) is 0 Å². The van der Waals surface area contributed by atoms with Gasteiger partial charge in [-0.15, -0.1) is 0 Å². The van der Waals surface area contributed by atoms with E-state index >= 15 is 0 Å². The standard InChI is InChI=1S/C9H18BrO/c1-7(10)5-6-8(11)9(2,3)4/h7-8H,5-6H2,1-4H3. The van der Waals surface area contributed by atoms with E-state index in [2.05, 4.69) is 22.9 Å². The number of hydrogen-bond donors (Lipinski definition) is 0. The molecule has 0 saturated heterocycles. The predicted molar refractivity (Wildman–Crippen MR) is 51.6 cm³/mol. The third-order valence-electron chi connectivity index (χ3n) is 1.79. The predicted octanol–water partition coefficient (Wildman–Crippen LogP) is 3.40. The number of rotatable bonds is 3. The Hall–Kier alpha value is 0.440. The Balaban J connectivity index is 3.61. The van der Waals surface area contributed by atoms with Crippen LogP contribution in [-0.2, 0) is 5.11 Å². The minimum atomic E-state index is -0.428. The molecule has 0 fully saturated rings. The van der Waals surface area contributed by atoms with Crippen LogP contribution in [0.15, 0.2) is 0 Å². The molecule has 0 rings (SSSR count). The maximum absolute atomic E-state index is 11.4. The summed E-state index contributed by atoms with van der Waals surface area (Å²) in [6.45, 7) is 8.09. The molecule has 0 aliphatic rings. The quantitative estimate of drug-likeness (QED) is 0.652. The van der Waals surface area contributed by atoms with Crippen LogP contribution in [-0.4, -0.2) is 10.9 Å². The highest BCUT2D eigenvalue weighted by Crippen LogP contribution is 2.24. The zero-order valence-electron chi connectivity index (χ0n) is 7.86. The normalized spacial score (nSPS) is 18.0. The molecule has 2 unspecified atom stereocenters. The minimum Gasteiger partial charge on any atom is -0.233 e. The smallest absolute Gasteiger partial charge is 0.0978 e. The molecule has 0 amide bonds. The van der Waals surface area contributed by atoms with Gasteiger partial charge >= 0.3 is 0 Å². The third kappa shape index (κ3) is 5.68. The van der Waals surface area contributed by atoms with Crippen LogP contribution in [0.1, 0.15) is 40.5 Å². The van der Waals surface area contributed by atoms with Crippen LogP contribution in [0.2, 0.25) is 0 Å². The molecule has 0 bridgehead atoms. The SMILES string of the molecule is CC(Br)CCC([O])C(C)(C)C. The molecule has 67 valence electrons. The first-order chi connectivity index (χ1) is 4.84. The molecule has 0 aliphatic carbocycles. The molecule has 2 heteroatoms. The van der Waals surface area contributed by atoms with Crippen molar-refractivity contribution < 1.29 is 5.11 Å². The fourth-order valence-corrected chi connectivity index (χ4v) is 1.08. The lowest BCUT2D eigenvalue weighted by atomic mass is 9.86. The van der Waals surface area contributed by atoms with Crippen molar-refractivity contribution in [1.82, 2.24) is 0 Å². The summed E-state index contributed by atoms with van der Waals surface area (Å²) < 4.78 is 0. The van der Waals surface area contributed by atoms with E-state index in [0.717, 1.165) is 12.8 Å². The Morgan fingerprint density at radius 1 is 1.27 bits per heavy atom. The van der Waals surface area contributed by atoms with Crippen LogP contribution in [0.5, 0.6) is 0 Å². The highest BCUT2D eigenvalue weighted by molar-refractivity contribution is 9.09. The zero-order chi connectivity index (χ0) is 9.07. The third-order valence-corrected chi connectivity index (χ3v) is 2.25. The molecule has 1 nitrogen and oxygen atoms in total. The summed E-state index contributed by atoms with van der Waals surface area (Å²) in [5.41, 5.74) is -0.0815. The number of alkyl halides is 1. The average molecular weight is 222 g/mol. The van der Waals surface area contributed by atoms with Crippen molar-refractivity contribution in [2.75, 3.05) is 0 Å². The van der Waals surface area contributed by atoms with Gasteiger partial charge in [-0.2, -0.15) is 0 Å². The molecular weight excluding hydrogens is 204 g/mol. The minimum absolute atomic E-state index is 0.0815. The molecule has 0 heterocycles. The first-order valence-corrected chi connectivity index (χ1v) is 5.05. The summed E-state index contributed by atoms with van der Waals surface area (Å²) in [6, 6.07) is 0. The van der Waals surface area contributed by atoms with Crippen LogP contribution in [0.4, 0.5) is 0 Å². The second kappa shape index (κ2) is 4.46. The highest BCUT2D eigenvalue weighted by Gasteiger charge is 2.23. The fraction of sp³-hybridized carbons (Fsp3) is 1.00. The summed E-state index contributed by atoms with van der Waals surface area (Å²) in [4.78, 5) is 0.473. The Morgan fingerprint density at radius 3 is 2.00 bits per heavy atom. The van der Waals surface area contributed by atoms with Crippen molar-refractivity contribution in [3.63, 3.8) is 0 Å². The Labute approximate surface area is 78.3 Å². The summed E-state index contributed by atoms with van der Waals surface area (Å²) in [6.07, 6.45) is 1.32. The molecule has 11 heavy (non-hydrogen) atoms. The molecule has 2 atom stereocenters. The van der Waals surface area contributed by atoms with Crippen LogP contribution >= 0.6 is 15.9 Å². The molecule has 0 aromatic heterocycles. The summed E-state index contributed by atoms with van der Waals surface area (Å²) in [5.74, 6) is 0. The van der Waals surface area contributed by atoms with Crippen molar-refractivity contribution in [2.24, 2.45) is 5.41 Å². The Kier molecular flexibility index (Phi) is 4.64. The van der Waals surface area contributed by atoms with Crippen molar-refractivity contribution in [3.8, 4) is 0 Å². The van der Waals surface area contributed by atoms with E-state index in [1.54, 1.807) is 0 Å².